The molecule has 0 aromatic carbocycles. The van der Waals surface area contributed by atoms with Crippen molar-refractivity contribution in [3.8, 4) is 11.5 Å². The Morgan fingerprint density at radius 3 is 1.80 bits per heavy atom. The van der Waals surface area contributed by atoms with Crippen LogP contribution in [0.4, 0.5) is 0 Å². The molecular weight excluding hydrogens is 372 g/mol. The van der Waals surface area contributed by atoms with Gasteiger partial charge in [-0.1, -0.05) is 0 Å². The first-order chi connectivity index (χ1) is 9.10. The Hall–Kier alpha value is 0.566. The molecule has 0 atom stereocenters. The molecule has 2 heteroatoms. The van der Waals surface area contributed by atoms with Gasteiger partial charge in [0.15, 0.2) is 0 Å². The first-order valence-corrected chi connectivity index (χ1v) is 18.4. The number of hydrogen-bond donors (Lipinski definition) is 0. The standard InChI is InChI=1S/C18H38SiTe/c1-9-10-13-20(15-17(2)3,16-18(4)5)14-11-12-19(6,7)8/h17-18H,9-10,13-16H2,1-8H3. The second kappa shape index (κ2) is 9.56. The van der Waals surface area contributed by atoms with E-state index in [0.29, 0.717) is 0 Å². The Labute approximate surface area is 134 Å². The van der Waals surface area contributed by atoms with Crippen LogP contribution < -0.4 is 0 Å². The molecule has 0 aromatic rings. The molecule has 0 aliphatic carbocycles. The van der Waals surface area contributed by atoms with Crippen LogP contribution in [-0.4, -0.2) is 26.3 Å². The predicted octanol–water partition coefficient (Wildman–Crippen LogP) is 6.43. The Morgan fingerprint density at radius 1 is 0.950 bits per heavy atom. The minimum atomic E-state index is -1.80. The zero-order valence-corrected chi connectivity index (χ0v) is 18.6. The van der Waals surface area contributed by atoms with Crippen LogP contribution in [0.25, 0.3) is 0 Å². The second-order valence-electron chi connectivity index (χ2n) is 8.10. The van der Waals surface area contributed by atoms with E-state index >= 15 is 0 Å². The molecule has 0 fully saturated rings. The Morgan fingerprint density at radius 2 is 1.45 bits per heavy atom. The summed E-state index contributed by atoms with van der Waals surface area (Å²) in [5.74, 6) is 5.41. The zero-order chi connectivity index (χ0) is 15.8. The van der Waals surface area contributed by atoms with Crippen molar-refractivity contribution >= 4 is 26.3 Å². The van der Waals surface area contributed by atoms with Crippen LogP contribution in [0.3, 0.4) is 0 Å². The van der Waals surface area contributed by atoms with Crippen LogP contribution in [0.1, 0.15) is 47.5 Å². The molecule has 0 aliphatic heterocycles. The van der Waals surface area contributed by atoms with E-state index in [1.54, 1.807) is 4.47 Å². The van der Waals surface area contributed by atoms with E-state index in [1.807, 2.05) is 0 Å². The number of unbranched alkanes of at least 4 members (excludes halogenated alkanes) is 1. The molecule has 0 saturated carbocycles. The van der Waals surface area contributed by atoms with Gasteiger partial charge in [0, 0.05) is 0 Å². The minimum absolute atomic E-state index is 0.862. The summed E-state index contributed by atoms with van der Waals surface area (Å²) in [6.07, 6.45) is 2.79. The van der Waals surface area contributed by atoms with Crippen molar-refractivity contribution in [3.05, 3.63) is 0 Å². The molecule has 20 heavy (non-hydrogen) atoms. The summed E-state index contributed by atoms with van der Waals surface area (Å²) >= 11 is -1.80. The molecule has 0 aliphatic rings. The quantitative estimate of drug-likeness (QED) is 0.320. The molecule has 0 unspecified atom stereocenters. The summed E-state index contributed by atoms with van der Waals surface area (Å²) in [6.45, 7) is 19.1. The molecule has 0 saturated heterocycles. The van der Waals surface area contributed by atoms with Crippen molar-refractivity contribution < 1.29 is 0 Å². The Bertz CT molecular complexity index is 305. The van der Waals surface area contributed by atoms with Crippen molar-refractivity contribution in [3.63, 3.8) is 0 Å². The summed E-state index contributed by atoms with van der Waals surface area (Å²) in [5.41, 5.74) is 3.64. The molecule has 0 spiro atoms. The molecule has 0 N–H and O–H groups in total. The van der Waals surface area contributed by atoms with Crippen molar-refractivity contribution in [2.24, 2.45) is 11.8 Å². The molecule has 120 valence electrons. The normalized spacial score (nSPS) is 13.5. The van der Waals surface area contributed by atoms with Crippen molar-refractivity contribution in [1.82, 2.24) is 0 Å². The van der Waals surface area contributed by atoms with E-state index in [4.69, 9.17) is 0 Å². The maximum absolute atomic E-state index is 3.68. The molecule has 0 heterocycles. The van der Waals surface area contributed by atoms with Gasteiger partial charge in [-0.2, -0.15) is 0 Å². The third-order valence-corrected chi connectivity index (χ3v) is 17.4. The van der Waals surface area contributed by atoms with Gasteiger partial charge in [0.1, 0.15) is 0 Å². The third kappa shape index (κ3) is 10.3. The summed E-state index contributed by atoms with van der Waals surface area (Å²) in [5, 5.41) is 0. The summed E-state index contributed by atoms with van der Waals surface area (Å²) < 4.78 is 5.92. The van der Waals surface area contributed by atoms with Gasteiger partial charge < -0.3 is 0 Å². The Kier molecular flexibility index (Phi) is 9.83. The van der Waals surface area contributed by atoms with Crippen LogP contribution in [0.2, 0.25) is 37.5 Å². The van der Waals surface area contributed by atoms with Crippen molar-refractivity contribution in [2.45, 2.75) is 85.0 Å². The maximum atomic E-state index is 3.68. The van der Waals surface area contributed by atoms with Crippen LogP contribution in [0, 0.1) is 23.3 Å². The fraction of sp³-hybridized carbons (Fsp3) is 0.889. The van der Waals surface area contributed by atoms with E-state index in [2.05, 4.69) is 65.7 Å². The van der Waals surface area contributed by atoms with Crippen molar-refractivity contribution in [2.75, 3.05) is 0 Å². The van der Waals surface area contributed by atoms with E-state index in [0.717, 1.165) is 11.8 Å². The van der Waals surface area contributed by atoms with Crippen LogP contribution >= 0.6 is 0 Å². The molecule has 0 aromatic heterocycles. The molecule has 0 radical (unpaired) electrons. The SMILES string of the molecule is CCCC[Te](CC#C[Si](C)(C)C)(CC(C)C)CC(C)C. The number of hydrogen-bond acceptors (Lipinski definition) is 0. The number of rotatable bonds is 8. The fourth-order valence-corrected chi connectivity index (χ4v) is 17.9. The van der Waals surface area contributed by atoms with Gasteiger partial charge in [-0.25, -0.2) is 0 Å². The van der Waals surface area contributed by atoms with Gasteiger partial charge >= 0.3 is 135 Å². The molecule has 0 rings (SSSR count). The van der Waals surface area contributed by atoms with E-state index in [9.17, 15) is 0 Å². The topological polar surface area (TPSA) is 0 Å². The summed E-state index contributed by atoms with van der Waals surface area (Å²) in [7, 11) is -1.20. The second-order valence-corrected chi connectivity index (χ2v) is 23.7. The van der Waals surface area contributed by atoms with E-state index in [-0.39, 0.29) is 0 Å². The fourth-order valence-electron chi connectivity index (χ4n) is 2.74. The molecular formula is C18H38SiTe. The monoisotopic (exact) mass is 412 g/mol. The average molecular weight is 410 g/mol. The first kappa shape index (κ1) is 20.6. The van der Waals surface area contributed by atoms with Crippen molar-refractivity contribution in [1.29, 1.82) is 0 Å². The van der Waals surface area contributed by atoms with Crippen LogP contribution in [0.15, 0.2) is 0 Å². The first-order valence-electron chi connectivity index (χ1n) is 8.34. The molecule has 0 amide bonds. The summed E-state index contributed by atoms with van der Waals surface area (Å²) in [4.78, 5) is 0. The van der Waals surface area contributed by atoms with Gasteiger partial charge in [0.05, 0.1) is 0 Å². The van der Waals surface area contributed by atoms with Gasteiger partial charge in [-0.05, 0) is 0 Å². The third-order valence-electron chi connectivity index (χ3n) is 3.15. The predicted molar refractivity (Wildman–Crippen MR) is 101 cm³/mol. The average Bonchev–Trinajstić information content (AvgIpc) is 2.22. The van der Waals surface area contributed by atoms with E-state index < -0.39 is 26.3 Å². The van der Waals surface area contributed by atoms with Crippen LogP contribution in [-0.2, 0) is 0 Å². The molecule has 0 nitrogen and oxygen atoms in total. The summed E-state index contributed by atoms with van der Waals surface area (Å²) in [6, 6.07) is 0. The Balaban J connectivity index is 5.07. The zero-order valence-electron chi connectivity index (χ0n) is 15.3. The van der Waals surface area contributed by atoms with Gasteiger partial charge in [0.2, 0.25) is 0 Å². The van der Waals surface area contributed by atoms with Gasteiger partial charge in [-0.15, -0.1) is 0 Å². The van der Waals surface area contributed by atoms with Gasteiger partial charge in [0.25, 0.3) is 0 Å². The molecule has 0 bridgehead atoms. The van der Waals surface area contributed by atoms with Crippen LogP contribution in [0.5, 0.6) is 0 Å². The van der Waals surface area contributed by atoms with Gasteiger partial charge in [-0.3, -0.25) is 0 Å². The van der Waals surface area contributed by atoms with E-state index in [1.165, 1.54) is 26.2 Å².